The molecule has 0 radical (unpaired) electrons. The van der Waals surface area contributed by atoms with Crippen molar-refractivity contribution in [3.63, 3.8) is 0 Å². The fourth-order valence-electron chi connectivity index (χ4n) is 2.39. The predicted octanol–water partition coefficient (Wildman–Crippen LogP) is 2.93. The topological polar surface area (TPSA) is 50.7 Å². The second-order valence-corrected chi connectivity index (χ2v) is 5.57. The van der Waals surface area contributed by atoms with Crippen molar-refractivity contribution in [3.8, 4) is 11.5 Å². The largest absolute Gasteiger partial charge is 0.486 e. The quantitative estimate of drug-likeness (QED) is 0.889. The molecule has 0 fully saturated rings. The third kappa shape index (κ3) is 3.53. The van der Waals surface area contributed by atoms with E-state index in [-0.39, 0.29) is 0 Å². The van der Waals surface area contributed by atoms with E-state index in [4.69, 9.17) is 21.1 Å². The van der Waals surface area contributed by atoms with Gasteiger partial charge in [0, 0.05) is 13.1 Å². The van der Waals surface area contributed by atoms with E-state index in [0.717, 1.165) is 5.56 Å². The Bertz CT molecular complexity index is 633. The first-order valence-corrected chi connectivity index (χ1v) is 7.63. The maximum absolute atomic E-state index is 10.3. The maximum Gasteiger partial charge on any atom is 0.179 e. The fraction of sp³-hybridized carbons (Fsp3) is 0.294. The Kier molecular flexibility index (Phi) is 4.83. The number of aliphatic hydroxyl groups is 1. The number of aliphatic hydroxyl groups excluding tert-OH is 1. The van der Waals surface area contributed by atoms with Crippen molar-refractivity contribution in [2.45, 2.75) is 12.6 Å². The highest BCUT2D eigenvalue weighted by Gasteiger charge is 2.19. The first kappa shape index (κ1) is 15.2. The summed E-state index contributed by atoms with van der Waals surface area (Å²) in [4.78, 5) is 0. The summed E-state index contributed by atoms with van der Waals surface area (Å²) in [5.41, 5.74) is 1.89. The molecule has 2 aromatic carbocycles. The van der Waals surface area contributed by atoms with Gasteiger partial charge in [-0.3, -0.25) is 0 Å². The molecule has 116 valence electrons. The standard InChI is InChI=1S/C17H18ClNO3/c18-14-8-13(9-16-17(14)22-7-6-21-16)15(20)11-19-10-12-4-2-1-3-5-12/h1-5,8-9,15,19-20H,6-7,10-11H2/t15-/m1/s1. The molecular formula is C17H18ClNO3. The first-order valence-electron chi connectivity index (χ1n) is 7.26. The summed E-state index contributed by atoms with van der Waals surface area (Å²) >= 11 is 6.18. The van der Waals surface area contributed by atoms with E-state index in [2.05, 4.69) is 5.32 Å². The van der Waals surface area contributed by atoms with E-state index in [0.29, 0.717) is 42.8 Å². The Hall–Kier alpha value is -1.75. The Balaban J connectivity index is 1.62. The zero-order valence-electron chi connectivity index (χ0n) is 12.1. The number of nitrogens with one attached hydrogen (secondary N) is 1. The van der Waals surface area contributed by atoms with Gasteiger partial charge in [0.25, 0.3) is 0 Å². The van der Waals surface area contributed by atoms with Gasteiger partial charge in [-0.15, -0.1) is 0 Å². The Morgan fingerprint density at radius 1 is 1.14 bits per heavy atom. The smallest absolute Gasteiger partial charge is 0.179 e. The summed E-state index contributed by atoms with van der Waals surface area (Å²) in [5, 5.41) is 14.0. The van der Waals surface area contributed by atoms with Crippen LogP contribution in [-0.4, -0.2) is 24.9 Å². The average molecular weight is 320 g/mol. The van der Waals surface area contributed by atoms with Crippen LogP contribution in [-0.2, 0) is 6.54 Å². The van der Waals surface area contributed by atoms with Crippen molar-refractivity contribution < 1.29 is 14.6 Å². The minimum Gasteiger partial charge on any atom is -0.486 e. The van der Waals surface area contributed by atoms with Crippen LogP contribution in [0.15, 0.2) is 42.5 Å². The number of fused-ring (bicyclic) bond motifs is 1. The van der Waals surface area contributed by atoms with Gasteiger partial charge in [0.2, 0.25) is 0 Å². The van der Waals surface area contributed by atoms with E-state index < -0.39 is 6.10 Å². The number of halogens is 1. The molecule has 0 saturated heterocycles. The minimum absolute atomic E-state index is 0.435. The molecule has 0 aromatic heterocycles. The van der Waals surface area contributed by atoms with Gasteiger partial charge in [0.15, 0.2) is 11.5 Å². The Labute approximate surface area is 134 Å². The number of ether oxygens (including phenoxy) is 2. The van der Waals surface area contributed by atoms with Crippen molar-refractivity contribution in [2.75, 3.05) is 19.8 Å². The molecule has 0 unspecified atom stereocenters. The average Bonchev–Trinajstić information content (AvgIpc) is 2.56. The molecule has 4 nitrogen and oxygen atoms in total. The number of benzene rings is 2. The van der Waals surface area contributed by atoms with Crippen LogP contribution < -0.4 is 14.8 Å². The van der Waals surface area contributed by atoms with Crippen LogP contribution in [0, 0.1) is 0 Å². The molecule has 22 heavy (non-hydrogen) atoms. The van der Waals surface area contributed by atoms with Crippen molar-refractivity contribution in [2.24, 2.45) is 0 Å². The molecule has 0 spiro atoms. The van der Waals surface area contributed by atoms with Gasteiger partial charge in [0.05, 0.1) is 11.1 Å². The Morgan fingerprint density at radius 2 is 1.91 bits per heavy atom. The lowest BCUT2D eigenvalue weighted by molar-refractivity contribution is 0.163. The molecule has 1 atom stereocenters. The molecule has 0 bridgehead atoms. The molecule has 1 aliphatic rings. The SMILES string of the molecule is O[C@H](CNCc1ccccc1)c1cc(Cl)c2c(c1)OCCO2. The minimum atomic E-state index is -0.656. The highest BCUT2D eigenvalue weighted by Crippen LogP contribution is 2.39. The van der Waals surface area contributed by atoms with E-state index in [9.17, 15) is 5.11 Å². The molecule has 1 aliphatic heterocycles. The highest BCUT2D eigenvalue weighted by molar-refractivity contribution is 6.32. The van der Waals surface area contributed by atoms with Crippen LogP contribution in [0.5, 0.6) is 11.5 Å². The zero-order valence-corrected chi connectivity index (χ0v) is 12.8. The van der Waals surface area contributed by atoms with Gasteiger partial charge in [-0.1, -0.05) is 41.9 Å². The lowest BCUT2D eigenvalue weighted by Crippen LogP contribution is -2.21. The summed E-state index contributed by atoms with van der Waals surface area (Å²) in [6.07, 6.45) is -0.656. The highest BCUT2D eigenvalue weighted by atomic mass is 35.5. The van der Waals surface area contributed by atoms with Gasteiger partial charge in [-0.05, 0) is 23.3 Å². The first-order chi connectivity index (χ1) is 10.7. The second-order valence-electron chi connectivity index (χ2n) is 5.16. The summed E-state index contributed by atoms with van der Waals surface area (Å²) in [6.45, 7) is 2.13. The third-order valence-corrected chi connectivity index (χ3v) is 3.79. The fourth-order valence-corrected chi connectivity index (χ4v) is 2.66. The van der Waals surface area contributed by atoms with Crippen LogP contribution in [0.2, 0.25) is 5.02 Å². The van der Waals surface area contributed by atoms with Crippen molar-refractivity contribution in [1.29, 1.82) is 0 Å². The van der Waals surface area contributed by atoms with E-state index in [1.807, 2.05) is 30.3 Å². The van der Waals surface area contributed by atoms with Crippen LogP contribution in [0.4, 0.5) is 0 Å². The van der Waals surface area contributed by atoms with Crippen LogP contribution in [0.25, 0.3) is 0 Å². The normalized spacial score (nSPS) is 14.6. The van der Waals surface area contributed by atoms with Gasteiger partial charge >= 0.3 is 0 Å². The summed E-state index contributed by atoms with van der Waals surface area (Å²) in [6, 6.07) is 13.6. The number of rotatable bonds is 5. The second kappa shape index (κ2) is 7.01. The molecule has 0 aliphatic carbocycles. The van der Waals surface area contributed by atoms with Gasteiger partial charge < -0.3 is 19.9 Å². The van der Waals surface area contributed by atoms with E-state index in [1.54, 1.807) is 12.1 Å². The van der Waals surface area contributed by atoms with Gasteiger partial charge in [-0.25, -0.2) is 0 Å². The zero-order chi connectivity index (χ0) is 15.4. The van der Waals surface area contributed by atoms with E-state index >= 15 is 0 Å². The maximum atomic E-state index is 10.3. The van der Waals surface area contributed by atoms with Crippen LogP contribution in [0.1, 0.15) is 17.2 Å². The van der Waals surface area contributed by atoms with Crippen molar-refractivity contribution in [3.05, 3.63) is 58.6 Å². The molecule has 2 N–H and O–H groups in total. The lowest BCUT2D eigenvalue weighted by atomic mass is 10.1. The van der Waals surface area contributed by atoms with Crippen molar-refractivity contribution >= 4 is 11.6 Å². The molecule has 0 amide bonds. The molecular weight excluding hydrogens is 302 g/mol. The lowest BCUT2D eigenvalue weighted by Gasteiger charge is -2.21. The Morgan fingerprint density at radius 3 is 2.73 bits per heavy atom. The molecule has 3 rings (SSSR count). The summed E-state index contributed by atoms with van der Waals surface area (Å²) in [7, 11) is 0. The molecule has 0 saturated carbocycles. The third-order valence-electron chi connectivity index (χ3n) is 3.51. The molecule has 1 heterocycles. The summed E-state index contributed by atoms with van der Waals surface area (Å²) < 4.78 is 11.0. The number of hydrogen-bond donors (Lipinski definition) is 2. The molecule has 5 heteroatoms. The number of hydrogen-bond acceptors (Lipinski definition) is 4. The summed E-state index contributed by atoms with van der Waals surface area (Å²) in [5.74, 6) is 1.15. The van der Waals surface area contributed by atoms with Gasteiger partial charge in [0.1, 0.15) is 13.2 Å². The van der Waals surface area contributed by atoms with Gasteiger partial charge in [-0.2, -0.15) is 0 Å². The molecule has 2 aromatic rings. The van der Waals surface area contributed by atoms with Crippen LogP contribution >= 0.6 is 11.6 Å². The van der Waals surface area contributed by atoms with Crippen molar-refractivity contribution in [1.82, 2.24) is 5.32 Å². The van der Waals surface area contributed by atoms with Crippen LogP contribution in [0.3, 0.4) is 0 Å². The monoisotopic (exact) mass is 319 g/mol. The predicted molar refractivity (Wildman–Crippen MR) is 85.6 cm³/mol. The van der Waals surface area contributed by atoms with E-state index in [1.165, 1.54) is 5.56 Å².